The summed E-state index contributed by atoms with van der Waals surface area (Å²) >= 11 is 0. The topological polar surface area (TPSA) is 73.6 Å². The molecule has 0 aliphatic rings. The second-order valence-corrected chi connectivity index (χ2v) is 4.24. The molecule has 1 heterocycles. The summed E-state index contributed by atoms with van der Waals surface area (Å²) in [5, 5.41) is 13.1. The molecule has 0 fully saturated rings. The molecule has 0 amide bonds. The van der Waals surface area contributed by atoms with Crippen molar-refractivity contribution in [3.63, 3.8) is 0 Å². The predicted molar refractivity (Wildman–Crippen MR) is 73.0 cm³/mol. The first-order chi connectivity index (χ1) is 9.61. The van der Waals surface area contributed by atoms with Gasteiger partial charge in [0.15, 0.2) is 5.69 Å². The van der Waals surface area contributed by atoms with Crippen LogP contribution >= 0.6 is 0 Å². The van der Waals surface area contributed by atoms with E-state index in [1.165, 1.54) is 4.68 Å². The molecular formula is C14H16N2O4. The largest absolute Gasteiger partial charge is 0.491 e. The lowest BCUT2D eigenvalue weighted by atomic mass is 10.1. The number of benzene rings is 1. The van der Waals surface area contributed by atoms with Crippen LogP contribution in [0.3, 0.4) is 0 Å². The lowest BCUT2D eigenvalue weighted by Gasteiger charge is -2.06. The Balaban J connectivity index is 2.19. The Morgan fingerprint density at radius 3 is 2.60 bits per heavy atom. The van der Waals surface area contributed by atoms with E-state index in [9.17, 15) is 4.79 Å². The smallest absolute Gasteiger partial charge is 0.357 e. The molecule has 1 aromatic carbocycles. The lowest BCUT2D eigenvalue weighted by Crippen LogP contribution is -2.04. The van der Waals surface area contributed by atoms with E-state index in [1.807, 2.05) is 12.1 Å². The summed E-state index contributed by atoms with van der Waals surface area (Å²) in [6, 6.07) is 7.21. The molecular weight excluding hydrogens is 260 g/mol. The minimum Gasteiger partial charge on any atom is -0.491 e. The van der Waals surface area contributed by atoms with Crippen molar-refractivity contribution in [1.29, 1.82) is 0 Å². The van der Waals surface area contributed by atoms with E-state index in [0.29, 0.717) is 24.5 Å². The van der Waals surface area contributed by atoms with E-state index >= 15 is 0 Å². The van der Waals surface area contributed by atoms with Crippen molar-refractivity contribution >= 4 is 5.97 Å². The highest BCUT2D eigenvalue weighted by molar-refractivity contribution is 5.93. The van der Waals surface area contributed by atoms with Crippen molar-refractivity contribution in [1.82, 2.24) is 9.78 Å². The first kappa shape index (κ1) is 14.1. The van der Waals surface area contributed by atoms with Crippen LogP contribution in [0.15, 0.2) is 30.5 Å². The monoisotopic (exact) mass is 276 g/mol. The summed E-state index contributed by atoms with van der Waals surface area (Å²) in [4.78, 5) is 11.1. The van der Waals surface area contributed by atoms with E-state index in [-0.39, 0.29) is 5.69 Å². The van der Waals surface area contributed by atoms with Gasteiger partial charge in [-0.05, 0) is 17.7 Å². The van der Waals surface area contributed by atoms with Gasteiger partial charge in [0.25, 0.3) is 0 Å². The van der Waals surface area contributed by atoms with Crippen LogP contribution in [0.2, 0.25) is 0 Å². The van der Waals surface area contributed by atoms with Gasteiger partial charge < -0.3 is 14.6 Å². The SMILES string of the molecule is COCCOc1ccc(-c2cn(C)nc2C(=O)O)cc1. The van der Waals surface area contributed by atoms with Crippen LogP contribution in [0.5, 0.6) is 5.75 Å². The van der Waals surface area contributed by atoms with Crippen molar-refractivity contribution in [2.45, 2.75) is 0 Å². The molecule has 0 saturated heterocycles. The molecule has 0 aliphatic carbocycles. The van der Waals surface area contributed by atoms with Gasteiger partial charge in [0.1, 0.15) is 12.4 Å². The van der Waals surface area contributed by atoms with E-state index < -0.39 is 5.97 Å². The molecule has 0 radical (unpaired) electrons. The van der Waals surface area contributed by atoms with Crippen molar-refractivity contribution in [2.24, 2.45) is 7.05 Å². The van der Waals surface area contributed by atoms with Crippen LogP contribution in [0.4, 0.5) is 0 Å². The van der Waals surface area contributed by atoms with Gasteiger partial charge in [-0.1, -0.05) is 12.1 Å². The Bertz CT molecular complexity index is 590. The van der Waals surface area contributed by atoms with Crippen molar-refractivity contribution in [2.75, 3.05) is 20.3 Å². The normalized spacial score (nSPS) is 10.5. The Kier molecular flexibility index (Phi) is 4.37. The van der Waals surface area contributed by atoms with Crippen LogP contribution in [-0.4, -0.2) is 41.2 Å². The number of carboxylic acid groups (broad SMARTS) is 1. The molecule has 106 valence electrons. The molecule has 0 saturated carbocycles. The van der Waals surface area contributed by atoms with Gasteiger partial charge >= 0.3 is 5.97 Å². The fraction of sp³-hybridized carbons (Fsp3) is 0.286. The molecule has 1 aromatic heterocycles. The molecule has 6 nitrogen and oxygen atoms in total. The number of carbonyl (C=O) groups is 1. The quantitative estimate of drug-likeness (QED) is 0.814. The number of hydrogen-bond acceptors (Lipinski definition) is 4. The summed E-state index contributed by atoms with van der Waals surface area (Å²) in [7, 11) is 3.31. The molecule has 0 atom stereocenters. The van der Waals surface area contributed by atoms with Crippen LogP contribution < -0.4 is 4.74 Å². The zero-order valence-corrected chi connectivity index (χ0v) is 11.4. The predicted octanol–water partition coefficient (Wildman–Crippen LogP) is 1.81. The zero-order valence-electron chi connectivity index (χ0n) is 11.4. The molecule has 0 unspecified atom stereocenters. The van der Waals surface area contributed by atoms with Crippen molar-refractivity contribution in [3.8, 4) is 16.9 Å². The number of aromatic nitrogens is 2. The van der Waals surface area contributed by atoms with Gasteiger partial charge in [-0.25, -0.2) is 4.79 Å². The fourth-order valence-electron chi connectivity index (χ4n) is 1.83. The van der Waals surface area contributed by atoms with Gasteiger partial charge in [-0.15, -0.1) is 0 Å². The summed E-state index contributed by atoms with van der Waals surface area (Å²) in [5.74, 6) is -0.326. The molecule has 0 aliphatic heterocycles. The number of aryl methyl sites for hydroxylation is 1. The molecule has 20 heavy (non-hydrogen) atoms. The van der Waals surface area contributed by atoms with E-state index in [2.05, 4.69) is 5.10 Å². The minimum absolute atomic E-state index is 0.0422. The summed E-state index contributed by atoms with van der Waals surface area (Å²) in [5.41, 5.74) is 1.42. The van der Waals surface area contributed by atoms with E-state index in [4.69, 9.17) is 14.6 Å². The maximum atomic E-state index is 11.1. The minimum atomic E-state index is -1.04. The van der Waals surface area contributed by atoms with E-state index in [0.717, 1.165) is 5.56 Å². The summed E-state index contributed by atoms with van der Waals surface area (Å²) in [6.07, 6.45) is 1.68. The van der Waals surface area contributed by atoms with Crippen molar-refractivity contribution in [3.05, 3.63) is 36.2 Å². The molecule has 2 aromatic rings. The standard InChI is InChI=1S/C14H16N2O4/c1-16-9-12(13(15-16)14(17)18)10-3-5-11(6-4-10)20-8-7-19-2/h3-6,9H,7-8H2,1-2H3,(H,17,18). The van der Waals surface area contributed by atoms with Gasteiger partial charge in [0.2, 0.25) is 0 Å². The number of hydrogen-bond donors (Lipinski definition) is 1. The average molecular weight is 276 g/mol. The molecule has 1 N–H and O–H groups in total. The Hall–Kier alpha value is -2.34. The van der Waals surface area contributed by atoms with Crippen LogP contribution in [0, 0.1) is 0 Å². The highest BCUT2D eigenvalue weighted by Crippen LogP contribution is 2.25. The van der Waals surface area contributed by atoms with Gasteiger partial charge in [0.05, 0.1) is 6.61 Å². The second-order valence-electron chi connectivity index (χ2n) is 4.24. The number of rotatable bonds is 6. The third kappa shape index (κ3) is 3.16. The summed E-state index contributed by atoms with van der Waals surface area (Å²) < 4.78 is 11.8. The molecule has 2 rings (SSSR count). The Morgan fingerprint density at radius 1 is 1.30 bits per heavy atom. The van der Waals surface area contributed by atoms with Crippen LogP contribution in [-0.2, 0) is 11.8 Å². The first-order valence-electron chi connectivity index (χ1n) is 6.11. The van der Waals surface area contributed by atoms with Crippen molar-refractivity contribution < 1.29 is 19.4 Å². The maximum Gasteiger partial charge on any atom is 0.357 e. The number of nitrogens with zero attached hydrogens (tertiary/aromatic N) is 2. The third-order valence-electron chi connectivity index (χ3n) is 2.75. The average Bonchev–Trinajstić information content (AvgIpc) is 2.82. The zero-order chi connectivity index (χ0) is 14.5. The van der Waals surface area contributed by atoms with Gasteiger partial charge in [-0.3, -0.25) is 4.68 Å². The summed E-state index contributed by atoms with van der Waals surface area (Å²) in [6.45, 7) is 0.997. The van der Waals surface area contributed by atoms with Crippen LogP contribution in [0.1, 0.15) is 10.5 Å². The lowest BCUT2D eigenvalue weighted by molar-refractivity contribution is 0.0690. The molecule has 0 spiro atoms. The Morgan fingerprint density at radius 2 is 2.00 bits per heavy atom. The maximum absolute atomic E-state index is 11.1. The van der Waals surface area contributed by atoms with Gasteiger partial charge in [0, 0.05) is 25.9 Å². The molecule has 6 heteroatoms. The van der Waals surface area contributed by atoms with E-state index in [1.54, 1.807) is 32.5 Å². The second kappa shape index (κ2) is 6.21. The highest BCUT2D eigenvalue weighted by Gasteiger charge is 2.16. The third-order valence-corrected chi connectivity index (χ3v) is 2.75. The number of aromatic carboxylic acids is 1. The number of carboxylic acids is 1. The molecule has 0 bridgehead atoms. The first-order valence-corrected chi connectivity index (χ1v) is 6.11. The number of ether oxygens (including phenoxy) is 2. The number of methoxy groups -OCH3 is 1. The highest BCUT2D eigenvalue weighted by atomic mass is 16.5. The van der Waals surface area contributed by atoms with Crippen LogP contribution in [0.25, 0.3) is 11.1 Å². The van der Waals surface area contributed by atoms with Gasteiger partial charge in [-0.2, -0.15) is 5.10 Å². The Labute approximate surface area is 116 Å². The fourth-order valence-corrected chi connectivity index (χ4v) is 1.83.